The first-order chi connectivity index (χ1) is 9.66. The van der Waals surface area contributed by atoms with Crippen molar-refractivity contribution in [3.05, 3.63) is 58.9 Å². The second-order valence-electron chi connectivity index (χ2n) is 4.89. The van der Waals surface area contributed by atoms with Crippen LogP contribution in [0.2, 0.25) is 5.02 Å². The Bertz CT molecular complexity index is 762. The highest BCUT2D eigenvalue weighted by molar-refractivity contribution is 6.35. The van der Waals surface area contributed by atoms with Gasteiger partial charge >= 0.3 is 0 Å². The highest BCUT2D eigenvalue weighted by Gasteiger charge is 2.10. The lowest BCUT2D eigenvalue weighted by Gasteiger charge is -2.06. The van der Waals surface area contributed by atoms with Crippen LogP contribution in [0.4, 0.5) is 5.69 Å². The number of halogens is 1. The molecule has 102 valence electrons. The molecule has 0 aliphatic heterocycles. The van der Waals surface area contributed by atoms with Crippen molar-refractivity contribution < 1.29 is 0 Å². The van der Waals surface area contributed by atoms with E-state index in [1.807, 2.05) is 43.4 Å². The molecule has 0 unspecified atom stereocenters. The van der Waals surface area contributed by atoms with Gasteiger partial charge in [-0.15, -0.1) is 0 Å². The highest BCUT2D eigenvalue weighted by Crippen LogP contribution is 2.24. The predicted octanol–water partition coefficient (Wildman–Crippen LogP) is 3.59. The third-order valence-corrected chi connectivity index (χ3v) is 3.92. The van der Waals surface area contributed by atoms with E-state index in [1.54, 1.807) is 0 Å². The third-order valence-electron chi connectivity index (χ3n) is 3.61. The van der Waals surface area contributed by atoms with Crippen LogP contribution in [0, 0.1) is 0 Å². The second-order valence-corrected chi connectivity index (χ2v) is 5.30. The van der Waals surface area contributed by atoms with E-state index >= 15 is 0 Å². The second kappa shape index (κ2) is 5.17. The minimum absolute atomic E-state index is 0.739. The van der Waals surface area contributed by atoms with E-state index in [2.05, 4.69) is 15.6 Å². The molecule has 0 atom stereocenters. The summed E-state index contributed by atoms with van der Waals surface area (Å²) >= 11 is 6.24. The lowest BCUT2D eigenvalue weighted by Crippen LogP contribution is -2.02. The van der Waals surface area contributed by atoms with Gasteiger partial charge < -0.3 is 10.3 Å². The Morgan fingerprint density at radius 2 is 1.90 bits per heavy atom. The topological polar surface area (TPSA) is 43.8 Å². The summed E-state index contributed by atoms with van der Waals surface area (Å²) in [6.45, 7) is 0. The summed E-state index contributed by atoms with van der Waals surface area (Å²) < 4.78 is 2.07. The van der Waals surface area contributed by atoms with Crippen molar-refractivity contribution in [3.8, 4) is 0 Å². The molecule has 0 saturated carbocycles. The molecule has 0 aliphatic rings. The van der Waals surface area contributed by atoms with Gasteiger partial charge in [-0.1, -0.05) is 35.9 Å². The Hall–Kier alpha value is -2.00. The molecule has 0 radical (unpaired) electrons. The highest BCUT2D eigenvalue weighted by atomic mass is 35.5. The molecule has 0 amide bonds. The lowest BCUT2D eigenvalue weighted by atomic mass is 10.1. The summed E-state index contributed by atoms with van der Waals surface area (Å²) in [5.74, 6) is 1.02. The van der Waals surface area contributed by atoms with Crippen molar-refractivity contribution in [1.82, 2.24) is 9.55 Å². The Balaban J connectivity index is 1.90. The maximum Gasteiger partial charge on any atom is 0.109 e. The predicted molar refractivity (Wildman–Crippen MR) is 84.0 cm³/mol. The standard InChI is InChI=1S/C16H16ClN3/c1-20-15(10-9-11-5-2-3-7-13(11)18)19-14-8-4-6-12(17)16(14)20/h2-8H,9-10,18H2,1H3. The molecule has 2 aromatic carbocycles. The lowest BCUT2D eigenvalue weighted by molar-refractivity contribution is 0.787. The fourth-order valence-electron chi connectivity index (χ4n) is 2.50. The maximum absolute atomic E-state index is 6.24. The van der Waals surface area contributed by atoms with Gasteiger partial charge in [0.25, 0.3) is 0 Å². The van der Waals surface area contributed by atoms with Gasteiger partial charge in [-0.25, -0.2) is 4.98 Å². The van der Waals surface area contributed by atoms with Crippen LogP contribution in [0.1, 0.15) is 11.4 Å². The van der Waals surface area contributed by atoms with Gasteiger partial charge in [-0.05, 0) is 30.2 Å². The molecule has 3 rings (SSSR count). The Morgan fingerprint density at radius 1 is 1.10 bits per heavy atom. The average molecular weight is 286 g/mol. The van der Waals surface area contributed by atoms with Crippen molar-refractivity contribution in [2.24, 2.45) is 7.05 Å². The maximum atomic E-state index is 6.24. The number of para-hydroxylation sites is 2. The Labute approximate surface area is 123 Å². The van der Waals surface area contributed by atoms with Crippen LogP contribution in [0.5, 0.6) is 0 Å². The molecule has 20 heavy (non-hydrogen) atoms. The number of rotatable bonds is 3. The zero-order valence-corrected chi connectivity index (χ0v) is 12.1. The normalized spacial score (nSPS) is 11.1. The molecule has 0 fully saturated rings. The number of aromatic nitrogens is 2. The first-order valence-corrected chi connectivity index (χ1v) is 6.98. The molecule has 1 heterocycles. The van der Waals surface area contributed by atoms with E-state index in [4.69, 9.17) is 17.3 Å². The first kappa shape index (κ1) is 13.0. The van der Waals surface area contributed by atoms with Crippen LogP contribution >= 0.6 is 11.6 Å². The van der Waals surface area contributed by atoms with Gasteiger partial charge in [0.1, 0.15) is 5.82 Å². The fourth-order valence-corrected chi connectivity index (χ4v) is 2.80. The van der Waals surface area contributed by atoms with Crippen LogP contribution < -0.4 is 5.73 Å². The van der Waals surface area contributed by atoms with E-state index in [0.717, 1.165) is 46.0 Å². The van der Waals surface area contributed by atoms with E-state index in [1.165, 1.54) is 0 Å². The van der Waals surface area contributed by atoms with Gasteiger partial charge in [0, 0.05) is 19.2 Å². The number of benzene rings is 2. The van der Waals surface area contributed by atoms with Crippen molar-refractivity contribution in [3.63, 3.8) is 0 Å². The van der Waals surface area contributed by atoms with E-state index in [-0.39, 0.29) is 0 Å². The SMILES string of the molecule is Cn1c(CCc2ccccc2N)nc2cccc(Cl)c21. The largest absolute Gasteiger partial charge is 0.399 e. The molecule has 0 saturated heterocycles. The molecule has 0 bridgehead atoms. The van der Waals surface area contributed by atoms with Gasteiger partial charge in [0.05, 0.1) is 16.1 Å². The number of hydrogen-bond donors (Lipinski definition) is 1. The molecule has 0 spiro atoms. The quantitative estimate of drug-likeness (QED) is 0.747. The minimum atomic E-state index is 0.739. The number of hydrogen-bond acceptors (Lipinski definition) is 2. The van der Waals surface area contributed by atoms with Crippen molar-refractivity contribution in [2.45, 2.75) is 12.8 Å². The van der Waals surface area contributed by atoms with Crippen molar-refractivity contribution >= 4 is 28.3 Å². The number of nitrogens with zero attached hydrogens (tertiary/aromatic N) is 2. The average Bonchev–Trinajstić information content (AvgIpc) is 2.76. The first-order valence-electron chi connectivity index (χ1n) is 6.60. The third kappa shape index (κ3) is 2.25. The summed E-state index contributed by atoms with van der Waals surface area (Å²) in [5.41, 5.74) is 9.90. The summed E-state index contributed by atoms with van der Waals surface area (Å²) in [6, 6.07) is 13.8. The molecule has 3 aromatic rings. The van der Waals surface area contributed by atoms with Crippen LogP contribution in [-0.4, -0.2) is 9.55 Å². The summed E-state index contributed by atoms with van der Waals surface area (Å²) in [6.07, 6.45) is 1.72. The number of anilines is 1. The van der Waals surface area contributed by atoms with Gasteiger partial charge in [0.15, 0.2) is 0 Å². The summed E-state index contributed by atoms with van der Waals surface area (Å²) in [5, 5.41) is 0.739. The zero-order valence-electron chi connectivity index (χ0n) is 11.3. The molecular formula is C16H16ClN3. The van der Waals surface area contributed by atoms with Gasteiger partial charge in [0.2, 0.25) is 0 Å². The smallest absolute Gasteiger partial charge is 0.109 e. The molecular weight excluding hydrogens is 270 g/mol. The molecule has 4 heteroatoms. The Morgan fingerprint density at radius 3 is 2.65 bits per heavy atom. The molecule has 3 nitrogen and oxygen atoms in total. The van der Waals surface area contributed by atoms with E-state index < -0.39 is 0 Å². The molecule has 1 aromatic heterocycles. The number of nitrogen functional groups attached to an aromatic ring is 1. The number of imidazole rings is 1. The number of nitrogens with two attached hydrogens (primary N) is 1. The minimum Gasteiger partial charge on any atom is -0.399 e. The van der Waals surface area contributed by atoms with Gasteiger partial charge in [-0.3, -0.25) is 0 Å². The van der Waals surface area contributed by atoms with Crippen LogP contribution in [0.15, 0.2) is 42.5 Å². The zero-order chi connectivity index (χ0) is 14.1. The van der Waals surface area contributed by atoms with E-state index in [9.17, 15) is 0 Å². The van der Waals surface area contributed by atoms with E-state index in [0.29, 0.717) is 0 Å². The molecule has 0 aliphatic carbocycles. The van der Waals surface area contributed by atoms with Crippen molar-refractivity contribution in [2.75, 3.05) is 5.73 Å². The summed E-state index contributed by atoms with van der Waals surface area (Å²) in [7, 11) is 2.00. The summed E-state index contributed by atoms with van der Waals surface area (Å²) in [4.78, 5) is 4.66. The van der Waals surface area contributed by atoms with Crippen LogP contribution in [0.3, 0.4) is 0 Å². The van der Waals surface area contributed by atoms with Crippen LogP contribution in [0.25, 0.3) is 11.0 Å². The molecule has 2 N–H and O–H groups in total. The number of aryl methyl sites for hydroxylation is 3. The number of fused-ring (bicyclic) bond motifs is 1. The van der Waals surface area contributed by atoms with Crippen molar-refractivity contribution in [1.29, 1.82) is 0 Å². The Kier molecular flexibility index (Phi) is 3.36. The van der Waals surface area contributed by atoms with Gasteiger partial charge in [-0.2, -0.15) is 0 Å². The monoisotopic (exact) mass is 285 g/mol. The fraction of sp³-hybridized carbons (Fsp3) is 0.188. The van der Waals surface area contributed by atoms with Crippen LogP contribution in [-0.2, 0) is 19.9 Å².